The zero-order valence-electron chi connectivity index (χ0n) is 10.1. The van der Waals surface area contributed by atoms with Gasteiger partial charge in [0.2, 0.25) is 0 Å². The summed E-state index contributed by atoms with van der Waals surface area (Å²) in [6, 6.07) is 0.590. The molecule has 0 aliphatic carbocycles. The molecule has 2 nitrogen and oxygen atoms in total. The number of likely N-dealkylation sites (tertiary alicyclic amines) is 1. The monoisotopic (exact) mass is 196 g/mol. The van der Waals surface area contributed by atoms with Gasteiger partial charge in [-0.3, -0.25) is 4.90 Å². The van der Waals surface area contributed by atoms with Gasteiger partial charge in [-0.1, -0.05) is 20.4 Å². The molecule has 1 rings (SSSR count). The van der Waals surface area contributed by atoms with Gasteiger partial charge < -0.3 is 4.90 Å². The number of hydrogen-bond acceptors (Lipinski definition) is 2. The summed E-state index contributed by atoms with van der Waals surface area (Å²) in [5.74, 6) is 0.755. The maximum atomic E-state index is 4.18. The fourth-order valence-corrected chi connectivity index (χ4v) is 2.19. The summed E-state index contributed by atoms with van der Waals surface area (Å²) in [4.78, 5) is 4.73. The molecule has 0 spiro atoms. The first-order valence-electron chi connectivity index (χ1n) is 5.62. The smallest absolute Gasteiger partial charge is 0.0491 e. The molecule has 0 aromatic rings. The first kappa shape index (κ1) is 11.6. The third-order valence-electron chi connectivity index (χ3n) is 2.92. The van der Waals surface area contributed by atoms with Gasteiger partial charge in [0.15, 0.2) is 0 Å². The molecule has 1 unspecified atom stereocenters. The normalized spacial score (nSPS) is 23.1. The van der Waals surface area contributed by atoms with Gasteiger partial charge in [-0.15, -0.1) is 0 Å². The molecule has 0 radical (unpaired) electrons. The molecule has 14 heavy (non-hydrogen) atoms. The molecule has 0 N–H and O–H groups in total. The van der Waals surface area contributed by atoms with E-state index in [0.29, 0.717) is 6.04 Å². The molecule has 2 heteroatoms. The van der Waals surface area contributed by atoms with Crippen molar-refractivity contribution < 1.29 is 0 Å². The van der Waals surface area contributed by atoms with E-state index < -0.39 is 0 Å². The summed E-state index contributed by atoms with van der Waals surface area (Å²) >= 11 is 0. The molecular formula is C12H24N2. The van der Waals surface area contributed by atoms with Crippen LogP contribution in [0.15, 0.2) is 12.3 Å². The van der Waals surface area contributed by atoms with Gasteiger partial charge in [0.25, 0.3) is 0 Å². The van der Waals surface area contributed by atoms with Crippen molar-refractivity contribution in [2.45, 2.75) is 32.7 Å². The average Bonchev–Trinajstić information content (AvgIpc) is 2.49. The van der Waals surface area contributed by atoms with Crippen LogP contribution in [0.3, 0.4) is 0 Å². The molecule has 1 fully saturated rings. The standard InChI is InChI=1S/C12H24N2/c1-10(2)9-14-8-6-7-12(14)11(3)13(4)5/h10,12H,3,6-9H2,1-2,4-5H3. The second-order valence-electron chi connectivity index (χ2n) is 4.93. The minimum absolute atomic E-state index is 0.590. The summed E-state index contributed by atoms with van der Waals surface area (Å²) in [6.07, 6.45) is 2.61. The number of likely N-dealkylation sites (N-methyl/N-ethyl adjacent to an activating group) is 1. The molecule has 0 aromatic heterocycles. The Hall–Kier alpha value is -0.500. The van der Waals surface area contributed by atoms with E-state index in [9.17, 15) is 0 Å². The predicted molar refractivity (Wildman–Crippen MR) is 62.3 cm³/mol. The first-order chi connectivity index (χ1) is 6.52. The van der Waals surface area contributed by atoms with Crippen molar-refractivity contribution in [2.24, 2.45) is 5.92 Å². The molecule has 1 heterocycles. The Kier molecular flexibility index (Phi) is 3.99. The summed E-state index contributed by atoms with van der Waals surface area (Å²) in [5.41, 5.74) is 1.27. The van der Waals surface area contributed by atoms with Crippen LogP contribution >= 0.6 is 0 Å². The lowest BCUT2D eigenvalue weighted by atomic mass is 10.1. The fourth-order valence-electron chi connectivity index (χ4n) is 2.19. The van der Waals surface area contributed by atoms with Crippen LogP contribution in [0.5, 0.6) is 0 Å². The van der Waals surface area contributed by atoms with Gasteiger partial charge in [-0.05, 0) is 25.3 Å². The summed E-state index contributed by atoms with van der Waals surface area (Å²) in [5, 5.41) is 0. The molecule has 0 saturated carbocycles. The third kappa shape index (κ3) is 2.74. The Morgan fingerprint density at radius 3 is 2.64 bits per heavy atom. The van der Waals surface area contributed by atoms with Gasteiger partial charge >= 0.3 is 0 Å². The minimum atomic E-state index is 0.590. The lowest BCUT2D eigenvalue weighted by Crippen LogP contribution is -2.37. The minimum Gasteiger partial charge on any atom is -0.380 e. The van der Waals surface area contributed by atoms with Crippen molar-refractivity contribution in [1.29, 1.82) is 0 Å². The van der Waals surface area contributed by atoms with Crippen molar-refractivity contribution in [3.05, 3.63) is 12.3 Å². The Morgan fingerprint density at radius 1 is 1.50 bits per heavy atom. The highest BCUT2D eigenvalue weighted by Crippen LogP contribution is 2.24. The van der Waals surface area contributed by atoms with Crippen LogP contribution < -0.4 is 0 Å². The van der Waals surface area contributed by atoms with Crippen molar-refractivity contribution >= 4 is 0 Å². The van der Waals surface area contributed by atoms with Gasteiger partial charge in [0.1, 0.15) is 0 Å². The molecule has 82 valence electrons. The molecule has 0 amide bonds. The molecule has 1 aliphatic heterocycles. The molecule has 1 atom stereocenters. The van der Waals surface area contributed by atoms with Crippen LogP contribution in [0.4, 0.5) is 0 Å². The maximum Gasteiger partial charge on any atom is 0.0491 e. The number of hydrogen-bond donors (Lipinski definition) is 0. The molecule has 1 saturated heterocycles. The van der Waals surface area contributed by atoms with E-state index >= 15 is 0 Å². The lowest BCUT2D eigenvalue weighted by Gasteiger charge is -2.31. The molecular weight excluding hydrogens is 172 g/mol. The van der Waals surface area contributed by atoms with Crippen molar-refractivity contribution in [2.75, 3.05) is 27.2 Å². The third-order valence-corrected chi connectivity index (χ3v) is 2.92. The Balaban J connectivity index is 2.55. The lowest BCUT2D eigenvalue weighted by molar-refractivity contribution is 0.226. The maximum absolute atomic E-state index is 4.18. The second kappa shape index (κ2) is 4.83. The Morgan fingerprint density at radius 2 is 2.14 bits per heavy atom. The highest BCUT2D eigenvalue weighted by atomic mass is 15.2. The van der Waals surface area contributed by atoms with Gasteiger partial charge in [0.05, 0.1) is 0 Å². The van der Waals surface area contributed by atoms with E-state index in [-0.39, 0.29) is 0 Å². The fraction of sp³-hybridized carbons (Fsp3) is 0.833. The summed E-state index contributed by atoms with van der Waals surface area (Å²) in [7, 11) is 4.18. The molecule has 0 bridgehead atoms. The highest BCUT2D eigenvalue weighted by Gasteiger charge is 2.27. The second-order valence-corrected chi connectivity index (χ2v) is 4.93. The van der Waals surface area contributed by atoms with Crippen molar-refractivity contribution in [3.8, 4) is 0 Å². The predicted octanol–water partition coefficient (Wildman–Crippen LogP) is 2.18. The first-order valence-corrected chi connectivity index (χ1v) is 5.62. The average molecular weight is 196 g/mol. The topological polar surface area (TPSA) is 6.48 Å². The van der Waals surface area contributed by atoms with Crippen LogP contribution in [0.25, 0.3) is 0 Å². The molecule has 0 aromatic carbocycles. The SMILES string of the molecule is C=C(C1CCCN1CC(C)C)N(C)C. The largest absolute Gasteiger partial charge is 0.380 e. The zero-order chi connectivity index (χ0) is 10.7. The van der Waals surface area contributed by atoms with E-state index in [1.54, 1.807) is 0 Å². The van der Waals surface area contributed by atoms with Crippen molar-refractivity contribution in [3.63, 3.8) is 0 Å². The van der Waals surface area contributed by atoms with Crippen LogP contribution in [-0.4, -0.2) is 43.0 Å². The zero-order valence-corrected chi connectivity index (χ0v) is 10.1. The van der Waals surface area contributed by atoms with E-state index in [4.69, 9.17) is 0 Å². The van der Waals surface area contributed by atoms with Crippen molar-refractivity contribution in [1.82, 2.24) is 9.80 Å². The van der Waals surface area contributed by atoms with Gasteiger partial charge in [-0.25, -0.2) is 0 Å². The molecule has 1 aliphatic rings. The summed E-state index contributed by atoms with van der Waals surface area (Å²) in [6.45, 7) is 11.2. The number of rotatable bonds is 4. The van der Waals surface area contributed by atoms with E-state index in [2.05, 4.69) is 44.3 Å². The van der Waals surface area contributed by atoms with E-state index in [1.165, 1.54) is 31.6 Å². The van der Waals surface area contributed by atoms with Gasteiger partial charge in [-0.2, -0.15) is 0 Å². The number of nitrogens with zero attached hydrogens (tertiary/aromatic N) is 2. The van der Waals surface area contributed by atoms with Crippen LogP contribution in [0.1, 0.15) is 26.7 Å². The van der Waals surface area contributed by atoms with E-state index in [0.717, 1.165) is 5.92 Å². The Labute approximate surface area is 88.6 Å². The van der Waals surface area contributed by atoms with Crippen LogP contribution in [-0.2, 0) is 0 Å². The highest BCUT2D eigenvalue weighted by molar-refractivity contribution is 5.06. The van der Waals surface area contributed by atoms with Gasteiger partial charge in [0, 0.05) is 32.4 Å². The summed E-state index contributed by atoms with van der Waals surface area (Å²) < 4.78 is 0. The van der Waals surface area contributed by atoms with Crippen LogP contribution in [0.2, 0.25) is 0 Å². The Bertz CT molecular complexity index is 196. The van der Waals surface area contributed by atoms with E-state index in [1.807, 2.05) is 0 Å². The van der Waals surface area contributed by atoms with Crippen LogP contribution in [0, 0.1) is 5.92 Å². The quantitative estimate of drug-likeness (QED) is 0.680.